The molecule has 1 heterocycles. The van der Waals surface area contributed by atoms with Crippen molar-refractivity contribution in [2.45, 2.75) is 37.6 Å². The van der Waals surface area contributed by atoms with Crippen LogP contribution in [-0.4, -0.2) is 24.7 Å². The van der Waals surface area contributed by atoms with E-state index in [0.29, 0.717) is 23.2 Å². The number of nitrogens with two attached hydrogens (primary N) is 1. The molecule has 0 aliphatic heterocycles. The minimum atomic E-state index is -0.0588. The molecule has 0 radical (unpaired) electrons. The van der Waals surface area contributed by atoms with Gasteiger partial charge < -0.3 is 16.4 Å². The van der Waals surface area contributed by atoms with E-state index in [9.17, 15) is 4.79 Å². The second kappa shape index (κ2) is 6.05. The molecule has 0 bridgehead atoms. The molecule has 4 N–H and O–H groups in total. The molecule has 6 heteroatoms. The van der Waals surface area contributed by atoms with Gasteiger partial charge in [0.2, 0.25) is 0 Å². The van der Waals surface area contributed by atoms with Crippen molar-refractivity contribution >= 4 is 39.7 Å². The van der Waals surface area contributed by atoms with Crippen molar-refractivity contribution in [2.75, 3.05) is 23.9 Å². The molecule has 0 saturated heterocycles. The van der Waals surface area contributed by atoms with Gasteiger partial charge in [-0.25, -0.2) is 0 Å². The monoisotopic (exact) mass is 299 g/mol. The third-order valence-electron chi connectivity index (χ3n) is 3.27. The lowest BCUT2D eigenvalue weighted by Crippen LogP contribution is -2.23. The number of anilines is 2. The Morgan fingerprint density at radius 2 is 2.26 bits per heavy atom. The summed E-state index contributed by atoms with van der Waals surface area (Å²) in [5.74, 6) is 0.659. The van der Waals surface area contributed by atoms with Gasteiger partial charge in [0.25, 0.3) is 5.91 Å². The van der Waals surface area contributed by atoms with Crippen molar-refractivity contribution in [1.29, 1.82) is 0 Å². The van der Waals surface area contributed by atoms with E-state index in [0.717, 1.165) is 22.2 Å². The van der Waals surface area contributed by atoms with Gasteiger partial charge in [0.15, 0.2) is 0 Å². The molecular weight excluding hydrogens is 278 g/mol. The normalized spacial score (nSPS) is 21.2. The first-order valence-corrected chi connectivity index (χ1v) is 8.63. The Balaban J connectivity index is 2.17. The number of hydrogen-bond acceptors (Lipinski definition) is 5. The van der Waals surface area contributed by atoms with Crippen LogP contribution in [0.5, 0.6) is 0 Å². The number of carbonyl (C=O) groups is 1. The van der Waals surface area contributed by atoms with Crippen LogP contribution in [0.15, 0.2) is 4.90 Å². The van der Waals surface area contributed by atoms with E-state index in [2.05, 4.69) is 17.6 Å². The number of nitrogen functional groups attached to an aromatic ring is 1. The Kier molecular flexibility index (Phi) is 4.62. The Morgan fingerprint density at radius 3 is 2.79 bits per heavy atom. The van der Waals surface area contributed by atoms with Crippen LogP contribution < -0.4 is 16.4 Å². The van der Waals surface area contributed by atoms with Crippen LogP contribution in [0.25, 0.3) is 0 Å². The molecule has 1 aliphatic carbocycles. The maximum absolute atomic E-state index is 12.1. The largest absolute Gasteiger partial charge is 0.396 e. The Bertz CT molecular complexity index is 473. The minimum Gasteiger partial charge on any atom is -0.396 e. The summed E-state index contributed by atoms with van der Waals surface area (Å²) in [6, 6.07) is 0.538. The third kappa shape index (κ3) is 3.17. The average molecular weight is 299 g/mol. The van der Waals surface area contributed by atoms with E-state index >= 15 is 0 Å². The molecule has 1 saturated carbocycles. The van der Waals surface area contributed by atoms with Gasteiger partial charge in [0.1, 0.15) is 9.88 Å². The van der Waals surface area contributed by atoms with E-state index in [-0.39, 0.29) is 5.91 Å². The van der Waals surface area contributed by atoms with E-state index in [1.807, 2.05) is 13.2 Å². The number of thioether (sulfide) groups is 1. The van der Waals surface area contributed by atoms with Gasteiger partial charge in [-0.05, 0) is 25.0 Å². The summed E-state index contributed by atoms with van der Waals surface area (Å²) in [5, 5.41) is 7.42. The molecule has 4 nitrogen and oxygen atoms in total. The molecule has 2 atom stereocenters. The molecule has 106 valence electrons. The molecule has 2 unspecified atom stereocenters. The fourth-order valence-electron chi connectivity index (χ4n) is 1.91. The summed E-state index contributed by atoms with van der Waals surface area (Å²) >= 11 is 3.07. The third-order valence-corrected chi connectivity index (χ3v) is 5.37. The molecule has 0 spiro atoms. The van der Waals surface area contributed by atoms with Gasteiger partial charge in [-0.2, -0.15) is 0 Å². The Labute approximate surface area is 122 Å². The number of nitrogens with one attached hydrogen (secondary N) is 2. The highest BCUT2D eigenvalue weighted by atomic mass is 32.2. The molecule has 19 heavy (non-hydrogen) atoms. The zero-order valence-corrected chi connectivity index (χ0v) is 13.2. The van der Waals surface area contributed by atoms with Crippen LogP contribution in [0, 0.1) is 5.92 Å². The summed E-state index contributed by atoms with van der Waals surface area (Å²) in [6.07, 6.45) is 4.12. The van der Waals surface area contributed by atoms with E-state index < -0.39 is 0 Å². The SMILES string of the molecule is CCCNC(=O)c1sc(NC2CC2C)c(SC)c1N. The van der Waals surface area contributed by atoms with Gasteiger partial charge in [-0.15, -0.1) is 23.1 Å². The maximum atomic E-state index is 12.1. The van der Waals surface area contributed by atoms with Crippen LogP contribution >= 0.6 is 23.1 Å². The smallest absolute Gasteiger partial charge is 0.263 e. The zero-order chi connectivity index (χ0) is 14.0. The first kappa shape index (κ1) is 14.5. The zero-order valence-electron chi connectivity index (χ0n) is 11.6. The van der Waals surface area contributed by atoms with Gasteiger partial charge in [0.05, 0.1) is 10.6 Å². The molecular formula is C13H21N3OS2. The lowest BCUT2D eigenvalue weighted by molar-refractivity contribution is 0.0958. The van der Waals surface area contributed by atoms with Crippen molar-refractivity contribution in [2.24, 2.45) is 5.92 Å². The summed E-state index contributed by atoms with van der Waals surface area (Å²) in [7, 11) is 0. The average Bonchev–Trinajstić information content (AvgIpc) is 2.98. The van der Waals surface area contributed by atoms with E-state index in [1.54, 1.807) is 11.8 Å². The molecule has 1 aliphatic rings. The van der Waals surface area contributed by atoms with E-state index in [4.69, 9.17) is 5.73 Å². The number of hydrogen-bond donors (Lipinski definition) is 3. The predicted octanol–water partition coefficient (Wildman–Crippen LogP) is 3.01. The van der Waals surface area contributed by atoms with Gasteiger partial charge in [0, 0.05) is 12.6 Å². The molecule has 1 aromatic heterocycles. The topological polar surface area (TPSA) is 67.2 Å². The Hall–Kier alpha value is -0.880. The molecule has 1 amide bonds. The van der Waals surface area contributed by atoms with Gasteiger partial charge >= 0.3 is 0 Å². The van der Waals surface area contributed by atoms with Crippen LogP contribution in [0.3, 0.4) is 0 Å². The number of carbonyl (C=O) groups excluding carboxylic acids is 1. The first-order chi connectivity index (χ1) is 9.08. The van der Waals surface area contributed by atoms with Crippen molar-refractivity contribution in [3.63, 3.8) is 0 Å². The van der Waals surface area contributed by atoms with Crippen LogP contribution in [0.1, 0.15) is 36.4 Å². The van der Waals surface area contributed by atoms with Gasteiger partial charge in [-0.1, -0.05) is 13.8 Å². The number of thiophene rings is 1. The van der Waals surface area contributed by atoms with E-state index in [1.165, 1.54) is 17.8 Å². The number of amides is 1. The summed E-state index contributed by atoms with van der Waals surface area (Å²) in [4.78, 5) is 13.7. The highest BCUT2D eigenvalue weighted by Crippen LogP contribution is 2.44. The fraction of sp³-hybridized carbons (Fsp3) is 0.615. The standard InChI is InChI=1S/C13H21N3OS2/c1-4-5-15-12(17)10-9(14)11(18-3)13(19-10)16-8-6-7(8)2/h7-8,16H,4-6,14H2,1-3H3,(H,15,17). The molecule has 1 aromatic rings. The van der Waals surface area contributed by atoms with Crippen LogP contribution in [0.4, 0.5) is 10.7 Å². The predicted molar refractivity (Wildman–Crippen MR) is 84.3 cm³/mol. The van der Waals surface area contributed by atoms with Crippen molar-refractivity contribution in [1.82, 2.24) is 5.32 Å². The van der Waals surface area contributed by atoms with Crippen molar-refractivity contribution in [3.8, 4) is 0 Å². The lowest BCUT2D eigenvalue weighted by atomic mass is 10.3. The summed E-state index contributed by atoms with van der Waals surface area (Å²) in [5.41, 5.74) is 6.72. The number of rotatable bonds is 6. The van der Waals surface area contributed by atoms with Crippen LogP contribution in [0.2, 0.25) is 0 Å². The summed E-state index contributed by atoms with van der Waals surface area (Å²) < 4.78 is 0. The molecule has 2 rings (SSSR count). The van der Waals surface area contributed by atoms with Crippen LogP contribution in [-0.2, 0) is 0 Å². The maximum Gasteiger partial charge on any atom is 0.263 e. The second-order valence-electron chi connectivity index (χ2n) is 4.93. The quantitative estimate of drug-likeness (QED) is 0.706. The van der Waals surface area contributed by atoms with Crippen molar-refractivity contribution < 1.29 is 4.79 Å². The highest BCUT2D eigenvalue weighted by Gasteiger charge is 2.34. The molecule has 1 fully saturated rings. The second-order valence-corrected chi connectivity index (χ2v) is 6.76. The van der Waals surface area contributed by atoms with Gasteiger partial charge in [-0.3, -0.25) is 4.79 Å². The minimum absolute atomic E-state index is 0.0588. The Morgan fingerprint density at radius 1 is 1.58 bits per heavy atom. The summed E-state index contributed by atoms with van der Waals surface area (Å²) in [6.45, 7) is 4.95. The highest BCUT2D eigenvalue weighted by molar-refractivity contribution is 7.99. The fourth-order valence-corrected chi connectivity index (χ4v) is 3.91. The first-order valence-electron chi connectivity index (χ1n) is 6.59. The molecule has 0 aromatic carbocycles. The van der Waals surface area contributed by atoms with Crippen molar-refractivity contribution in [3.05, 3.63) is 4.88 Å². The lowest BCUT2D eigenvalue weighted by Gasteiger charge is -2.04.